The maximum absolute atomic E-state index is 11.9. The van der Waals surface area contributed by atoms with E-state index in [1.165, 1.54) is 6.92 Å². The van der Waals surface area contributed by atoms with Gasteiger partial charge in [-0.25, -0.2) is 0 Å². The molecule has 16 nitrogen and oxygen atoms in total. The van der Waals surface area contributed by atoms with Crippen LogP contribution in [0.1, 0.15) is 128 Å². The van der Waals surface area contributed by atoms with Crippen LogP contribution in [0.4, 0.5) is 22.7 Å². The van der Waals surface area contributed by atoms with E-state index in [0.717, 1.165) is 139 Å². The number of carbonyl (C=O) groups is 4. The SMILES string of the molecule is CC(=O)Nc1ccc2oc3ccc(C(C)CO)cc3c2c1.CC(C)C(=O)Nc1ccc2oc3ccc(C(C)CO)cc3c2c1.CCC(=O)Nc1ccc2oc3ccc(C(C)CO)cc3c2c1.CCCC(=O)Nc1ccc2oc3ccc(C(C)CO)cc3c2c1. The largest absolute Gasteiger partial charge is 0.456 e. The Morgan fingerprint density at radius 2 is 0.618 bits per heavy atom. The molecule has 0 aliphatic carbocycles. The van der Waals surface area contributed by atoms with Gasteiger partial charge in [-0.3, -0.25) is 19.2 Å². The lowest BCUT2D eigenvalue weighted by molar-refractivity contribution is -0.119. The first kappa shape index (κ1) is 64.2. The molecular weight excluding hydrogens is 1120 g/mol. The Labute approximate surface area is 515 Å². The molecule has 0 saturated carbocycles. The van der Waals surface area contributed by atoms with Crippen LogP contribution in [-0.4, -0.2) is 70.5 Å². The molecule has 0 spiro atoms. The van der Waals surface area contributed by atoms with Crippen LogP contribution in [0.15, 0.2) is 163 Å². The Kier molecular flexibility index (Phi) is 20.7. The molecule has 89 heavy (non-hydrogen) atoms. The number of furan rings is 4. The Hall–Kier alpha value is -9.32. The molecule has 12 rings (SSSR count). The monoisotopic (exact) mass is 1200 g/mol. The highest BCUT2D eigenvalue weighted by molar-refractivity contribution is 6.10. The van der Waals surface area contributed by atoms with Crippen molar-refractivity contribution in [3.8, 4) is 0 Å². The molecule has 8 N–H and O–H groups in total. The number of hydrogen-bond donors (Lipinski definition) is 8. The van der Waals surface area contributed by atoms with Gasteiger partial charge < -0.3 is 59.4 Å². The molecule has 4 amide bonds. The van der Waals surface area contributed by atoms with Crippen molar-refractivity contribution < 1.29 is 57.3 Å². The number of aliphatic hydroxyl groups is 4. The summed E-state index contributed by atoms with van der Waals surface area (Å²) in [6, 6.07) is 46.4. The van der Waals surface area contributed by atoms with E-state index in [2.05, 4.69) is 33.4 Å². The average molecular weight is 1200 g/mol. The fraction of sp³-hybridized carbons (Fsp3) is 0.288. The van der Waals surface area contributed by atoms with Gasteiger partial charge in [0.05, 0.1) is 0 Å². The summed E-state index contributed by atoms with van der Waals surface area (Å²) in [5.41, 5.74) is 13.7. The van der Waals surface area contributed by atoms with Crippen LogP contribution in [0.2, 0.25) is 0 Å². The van der Waals surface area contributed by atoms with Gasteiger partial charge >= 0.3 is 0 Å². The third-order valence-electron chi connectivity index (χ3n) is 15.8. The molecule has 4 aromatic heterocycles. The van der Waals surface area contributed by atoms with E-state index in [0.29, 0.717) is 12.8 Å². The zero-order valence-electron chi connectivity index (χ0n) is 51.7. The molecule has 4 heterocycles. The van der Waals surface area contributed by atoms with Gasteiger partial charge in [-0.2, -0.15) is 0 Å². The third kappa shape index (κ3) is 15.0. The lowest BCUT2D eigenvalue weighted by Gasteiger charge is -2.08. The number of nitrogens with one attached hydrogen (secondary N) is 4. The summed E-state index contributed by atoms with van der Waals surface area (Å²) in [6.45, 7) is 17.4. The minimum absolute atomic E-state index is 0.00765. The van der Waals surface area contributed by atoms with Gasteiger partial charge in [0.1, 0.15) is 44.7 Å². The Morgan fingerprint density at radius 1 is 0.360 bits per heavy atom. The van der Waals surface area contributed by atoms with Crippen molar-refractivity contribution in [1.29, 1.82) is 0 Å². The number of carbonyl (C=O) groups excluding carboxylic acids is 4. The number of benzene rings is 8. The van der Waals surface area contributed by atoms with Crippen molar-refractivity contribution in [2.24, 2.45) is 5.92 Å². The Morgan fingerprint density at radius 3 is 0.876 bits per heavy atom. The van der Waals surface area contributed by atoms with Crippen LogP contribution in [0, 0.1) is 5.92 Å². The molecule has 12 aromatic rings. The van der Waals surface area contributed by atoms with E-state index in [1.54, 1.807) is 0 Å². The van der Waals surface area contributed by atoms with Crippen molar-refractivity contribution in [3.05, 3.63) is 168 Å². The van der Waals surface area contributed by atoms with E-state index in [-0.39, 0.29) is 79.6 Å². The predicted molar refractivity (Wildman–Crippen MR) is 357 cm³/mol. The second-order valence-electron chi connectivity index (χ2n) is 23.1. The second kappa shape index (κ2) is 28.7. The highest BCUT2D eigenvalue weighted by atomic mass is 16.3. The molecule has 0 aliphatic heterocycles. The zero-order valence-corrected chi connectivity index (χ0v) is 51.7. The second-order valence-corrected chi connectivity index (χ2v) is 23.1. The van der Waals surface area contributed by atoms with E-state index in [1.807, 2.05) is 189 Å². The van der Waals surface area contributed by atoms with E-state index in [4.69, 9.17) is 17.7 Å². The van der Waals surface area contributed by atoms with Crippen molar-refractivity contribution in [3.63, 3.8) is 0 Å². The maximum atomic E-state index is 11.9. The number of hydrogen-bond acceptors (Lipinski definition) is 12. The van der Waals surface area contributed by atoms with E-state index >= 15 is 0 Å². The van der Waals surface area contributed by atoms with Crippen LogP contribution in [0.3, 0.4) is 0 Å². The maximum Gasteiger partial charge on any atom is 0.226 e. The quantitative estimate of drug-likeness (QED) is 0.0450. The highest BCUT2D eigenvalue weighted by Gasteiger charge is 2.17. The highest BCUT2D eigenvalue weighted by Crippen LogP contribution is 2.37. The first-order chi connectivity index (χ1) is 42.8. The molecule has 0 fully saturated rings. The smallest absolute Gasteiger partial charge is 0.226 e. The van der Waals surface area contributed by atoms with Crippen LogP contribution in [0.25, 0.3) is 87.8 Å². The summed E-state index contributed by atoms with van der Waals surface area (Å²) in [7, 11) is 0. The van der Waals surface area contributed by atoms with Gasteiger partial charge in [-0.05, 0) is 150 Å². The van der Waals surface area contributed by atoms with Gasteiger partial charge in [-0.1, -0.05) is 79.7 Å². The molecule has 4 atom stereocenters. The Bertz CT molecular complexity index is 4510. The molecule has 4 unspecified atom stereocenters. The molecule has 0 radical (unpaired) electrons. The number of amides is 4. The number of anilines is 4. The normalized spacial score (nSPS) is 12.7. The van der Waals surface area contributed by atoms with Crippen molar-refractivity contribution in [1.82, 2.24) is 0 Å². The molecule has 0 saturated heterocycles. The zero-order chi connectivity index (χ0) is 63.6. The van der Waals surface area contributed by atoms with Crippen molar-refractivity contribution in [2.45, 2.75) is 105 Å². The molecule has 0 bridgehead atoms. The number of fused-ring (bicyclic) bond motifs is 12. The summed E-state index contributed by atoms with van der Waals surface area (Å²) >= 11 is 0. The fourth-order valence-electron chi connectivity index (χ4n) is 10.3. The van der Waals surface area contributed by atoms with Gasteiger partial charge in [0, 0.05) is 142 Å². The van der Waals surface area contributed by atoms with Crippen LogP contribution >= 0.6 is 0 Å². The molecular formula is C73H78N4O12. The van der Waals surface area contributed by atoms with E-state index in [9.17, 15) is 39.6 Å². The number of rotatable bonds is 16. The van der Waals surface area contributed by atoms with Crippen molar-refractivity contribution >= 4 is 134 Å². The topological polar surface area (TPSA) is 250 Å². The molecule has 462 valence electrons. The Balaban J connectivity index is 0.000000141. The molecule has 0 aliphatic rings. The summed E-state index contributed by atoms with van der Waals surface area (Å²) in [5.74, 6) is 0.156. The van der Waals surface area contributed by atoms with Crippen LogP contribution in [0.5, 0.6) is 0 Å². The summed E-state index contributed by atoms with van der Waals surface area (Å²) < 4.78 is 23.3. The lowest BCUT2D eigenvalue weighted by atomic mass is 10.00. The predicted octanol–water partition coefficient (Wildman–Crippen LogP) is 16.4. The van der Waals surface area contributed by atoms with Gasteiger partial charge in [-0.15, -0.1) is 0 Å². The van der Waals surface area contributed by atoms with Gasteiger partial charge in [0.15, 0.2) is 0 Å². The van der Waals surface area contributed by atoms with Crippen molar-refractivity contribution in [2.75, 3.05) is 47.7 Å². The summed E-state index contributed by atoms with van der Waals surface area (Å²) in [6.07, 6.45) is 1.79. The molecule has 16 heteroatoms. The first-order valence-corrected chi connectivity index (χ1v) is 30.3. The lowest BCUT2D eigenvalue weighted by Crippen LogP contribution is -2.17. The fourth-order valence-corrected chi connectivity index (χ4v) is 10.3. The van der Waals surface area contributed by atoms with Crippen LogP contribution < -0.4 is 21.3 Å². The van der Waals surface area contributed by atoms with Crippen LogP contribution in [-0.2, 0) is 19.2 Å². The van der Waals surface area contributed by atoms with Gasteiger partial charge in [0.25, 0.3) is 0 Å². The van der Waals surface area contributed by atoms with Gasteiger partial charge in [0.2, 0.25) is 23.6 Å². The van der Waals surface area contributed by atoms with E-state index < -0.39 is 0 Å². The molecule has 8 aromatic carbocycles. The average Bonchev–Trinajstić information content (AvgIpc) is 1.89. The third-order valence-corrected chi connectivity index (χ3v) is 15.8. The minimum Gasteiger partial charge on any atom is -0.456 e. The summed E-state index contributed by atoms with van der Waals surface area (Å²) in [5, 5.41) is 56.7. The minimum atomic E-state index is -0.100. The summed E-state index contributed by atoms with van der Waals surface area (Å²) in [4.78, 5) is 46.4. The number of aliphatic hydroxyl groups excluding tert-OH is 4. The standard InChI is InChI=1S/2C19H21NO3.C18H19NO3.C17H17NO3/c1-11(2)19(22)20-14-5-7-18-16(9-14)15-8-13(12(3)10-21)4-6-17(15)23-18;1-3-4-19(22)20-14-6-8-18-16(10-14)15-9-13(12(2)11-21)5-7-17(15)23-18;1-3-18(21)19-13-5-7-17-15(9-13)14-8-12(11(2)10-20)4-6-16(14)22-17;1-10(9-19)12-3-5-16-14(7-12)15-8-13(18-11(2)20)4-6-17(15)21-16/h4-9,11-12,21H,10H2,1-3H3,(H,20,22);5-10,12,21H,3-4,11H2,1-2H3,(H,20,22);4-9,11,20H,3,10H2,1-2H3,(H,19,21);3-8,10,19H,9H2,1-2H3,(H,18,20). The first-order valence-electron chi connectivity index (χ1n) is 30.3.